The summed E-state index contributed by atoms with van der Waals surface area (Å²) < 4.78 is 28.5. The van der Waals surface area contributed by atoms with E-state index in [0.717, 1.165) is 5.56 Å². The summed E-state index contributed by atoms with van der Waals surface area (Å²) in [7, 11) is -3.76. The van der Waals surface area contributed by atoms with Crippen LogP contribution in [-0.4, -0.2) is 34.1 Å². The zero-order valence-electron chi connectivity index (χ0n) is 10.8. The van der Waals surface area contributed by atoms with Crippen LogP contribution in [0.2, 0.25) is 0 Å². The summed E-state index contributed by atoms with van der Waals surface area (Å²) in [4.78, 5) is 13.2. The molecule has 1 aromatic carbocycles. The molecule has 1 aromatic rings. The summed E-state index contributed by atoms with van der Waals surface area (Å²) >= 11 is 0. The van der Waals surface area contributed by atoms with E-state index in [1.54, 1.807) is 13.0 Å². The van der Waals surface area contributed by atoms with E-state index in [1.807, 2.05) is 6.92 Å². The van der Waals surface area contributed by atoms with Crippen molar-refractivity contribution >= 4 is 21.8 Å². The zero-order valence-corrected chi connectivity index (χ0v) is 11.7. The number of nitrogens with zero attached hydrogens (tertiary/aromatic N) is 1. The minimum atomic E-state index is -3.76. The predicted molar refractivity (Wildman–Crippen MR) is 70.7 cm³/mol. The van der Waals surface area contributed by atoms with Crippen molar-refractivity contribution in [3.05, 3.63) is 23.8 Å². The van der Waals surface area contributed by atoms with Crippen molar-refractivity contribution < 1.29 is 17.4 Å². The molecule has 0 atom stereocenters. The molecule has 19 heavy (non-hydrogen) atoms. The Kier molecular flexibility index (Phi) is 3.77. The molecule has 0 bridgehead atoms. The Labute approximate surface area is 112 Å². The van der Waals surface area contributed by atoms with Crippen molar-refractivity contribution in [1.82, 2.24) is 5.32 Å². The van der Waals surface area contributed by atoms with Crippen LogP contribution in [0.5, 0.6) is 0 Å². The van der Waals surface area contributed by atoms with Gasteiger partial charge in [-0.15, -0.1) is 0 Å². The fraction of sp³-hybridized carbons (Fsp3) is 0.417. The standard InChI is InChI=1S/C12H16N2O4S/c1-3-18-19(16,17)10-5-4-9(2)11(8-10)14-7-6-13-12(14)15/h4-5,8H,3,6-7H2,1-2H3,(H,13,15). The number of aryl methyl sites for hydroxylation is 1. The molecule has 2 amide bonds. The lowest BCUT2D eigenvalue weighted by molar-refractivity contribution is 0.252. The molecule has 6 nitrogen and oxygen atoms in total. The van der Waals surface area contributed by atoms with Crippen molar-refractivity contribution in [2.45, 2.75) is 18.7 Å². The Bertz CT molecular complexity index is 598. The van der Waals surface area contributed by atoms with Gasteiger partial charge in [0.1, 0.15) is 0 Å². The number of hydrogen-bond acceptors (Lipinski definition) is 4. The van der Waals surface area contributed by atoms with Gasteiger partial charge < -0.3 is 5.32 Å². The average Bonchev–Trinajstić information content (AvgIpc) is 2.75. The maximum Gasteiger partial charge on any atom is 0.322 e. The molecule has 1 N–H and O–H groups in total. The first-order valence-corrected chi connectivity index (χ1v) is 7.42. The molecule has 1 aliphatic rings. The number of nitrogens with one attached hydrogen (secondary N) is 1. The van der Waals surface area contributed by atoms with Crippen LogP contribution in [-0.2, 0) is 14.3 Å². The van der Waals surface area contributed by atoms with E-state index in [0.29, 0.717) is 18.8 Å². The third kappa shape index (κ3) is 2.71. The Balaban J connectivity index is 2.43. The number of carbonyl (C=O) groups is 1. The van der Waals surface area contributed by atoms with Crippen LogP contribution >= 0.6 is 0 Å². The second kappa shape index (κ2) is 5.18. The molecule has 1 fully saturated rings. The smallest absolute Gasteiger partial charge is 0.322 e. The normalized spacial score (nSPS) is 15.7. The number of urea groups is 1. The Morgan fingerprint density at radius 3 is 2.74 bits per heavy atom. The minimum Gasteiger partial charge on any atom is -0.336 e. The Morgan fingerprint density at radius 1 is 1.42 bits per heavy atom. The van der Waals surface area contributed by atoms with Crippen LogP contribution in [0, 0.1) is 6.92 Å². The van der Waals surface area contributed by atoms with E-state index >= 15 is 0 Å². The van der Waals surface area contributed by atoms with Gasteiger partial charge in [-0.2, -0.15) is 8.42 Å². The van der Waals surface area contributed by atoms with Gasteiger partial charge in [-0.3, -0.25) is 9.08 Å². The fourth-order valence-corrected chi connectivity index (χ4v) is 2.90. The minimum absolute atomic E-state index is 0.0645. The summed E-state index contributed by atoms with van der Waals surface area (Å²) in [5.41, 5.74) is 1.43. The number of hydrogen-bond donors (Lipinski definition) is 1. The number of rotatable bonds is 4. The molecular weight excluding hydrogens is 268 g/mol. The molecule has 0 radical (unpaired) electrons. The molecule has 104 valence electrons. The number of carbonyl (C=O) groups excluding carboxylic acids is 1. The lowest BCUT2D eigenvalue weighted by Crippen LogP contribution is -2.28. The van der Waals surface area contributed by atoms with Gasteiger partial charge in [0.05, 0.1) is 11.5 Å². The molecule has 0 spiro atoms. The average molecular weight is 284 g/mol. The molecule has 0 aromatic heterocycles. The monoisotopic (exact) mass is 284 g/mol. The van der Waals surface area contributed by atoms with Crippen LogP contribution in [0.25, 0.3) is 0 Å². The van der Waals surface area contributed by atoms with Gasteiger partial charge >= 0.3 is 6.03 Å². The summed E-state index contributed by atoms with van der Waals surface area (Å²) in [6, 6.07) is 4.42. The first-order chi connectivity index (χ1) is 8.95. The highest BCUT2D eigenvalue weighted by atomic mass is 32.2. The Hall–Kier alpha value is -1.60. The number of anilines is 1. The quantitative estimate of drug-likeness (QED) is 0.844. The van der Waals surface area contributed by atoms with Crippen LogP contribution < -0.4 is 10.2 Å². The third-order valence-electron chi connectivity index (χ3n) is 2.89. The second-order valence-corrected chi connectivity index (χ2v) is 5.81. The van der Waals surface area contributed by atoms with Gasteiger partial charge in [0.15, 0.2) is 0 Å². The molecule has 2 rings (SSSR count). The zero-order chi connectivity index (χ0) is 14.0. The van der Waals surface area contributed by atoms with E-state index in [-0.39, 0.29) is 17.5 Å². The van der Waals surface area contributed by atoms with E-state index in [9.17, 15) is 13.2 Å². The molecule has 1 aliphatic heterocycles. The van der Waals surface area contributed by atoms with E-state index in [2.05, 4.69) is 5.32 Å². The SMILES string of the molecule is CCOS(=O)(=O)c1ccc(C)c(N2CCNC2=O)c1. The molecule has 1 saturated heterocycles. The highest BCUT2D eigenvalue weighted by Crippen LogP contribution is 2.26. The van der Waals surface area contributed by atoms with Crippen molar-refractivity contribution in [2.75, 3.05) is 24.6 Å². The summed E-state index contributed by atoms with van der Waals surface area (Å²) in [6.07, 6.45) is 0. The van der Waals surface area contributed by atoms with Gasteiger partial charge in [-0.1, -0.05) is 6.07 Å². The van der Waals surface area contributed by atoms with Gasteiger partial charge in [-0.25, -0.2) is 4.79 Å². The van der Waals surface area contributed by atoms with Crippen molar-refractivity contribution in [2.24, 2.45) is 0 Å². The summed E-state index contributed by atoms with van der Waals surface area (Å²) in [5.74, 6) is 0. The van der Waals surface area contributed by atoms with Gasteiger partial charge in [0.2, 0.25) is 0 Å². The first kappa shape index (κ1) is 13.8. The molecule has 7 heteroatoms. The first-order valence-electron chi connectivity index (χ1n) is 6.01. The van der Waals surface area contributed by atoms with Gasteiger partial charge in [0, 0.05) is 18.8 Å². The van der Waals surface area contributed by atoms with Crippen molar-refractivity contribution in [3.63, 3.8) is 0 Å². The Morgan fingerprint density at radius 2 is 2.16 bits per heavy atom. The van der Waals surface area contributed by atoms with Crippen LogP contribution in [0.1, 0.15) is 12.5 Å². The van der Waals surface area contributed by atoms with Crippen LogP contribution in [0.4, 0.5) is 10.5 Å². The lowest BCUT2D eigenvalue weighted by Gasteiger charge is -2.18. The molecule has 0 aliphatic carbocycles. The topological polar surface area (TPSA) is 75.7 Å². The molecular formula is C12H16N2O4S. The van der Waals surface area contributed by atoms with Crippen molar-refractivity contribution in [1.29, 1.82) is 0 Å². The highest BCUT2D eigenvalue weighted by Gasteiger charge is 2.24. The van der Waals surface area contributed by atoms with Gasteiger partial charge in [0.25, 0.3) is 10.1 Å². The molecule has 1 heterocycles. The number of amides is 2. The van der Waals surface area contributed by atoms with Crippen LogP contribution in [0.3, 0.4) is 0 Å². The van der Waals surface area contributed by atoms with Crippen molar-refractivity contribution in [3.8, 4) is 0 Å². The predicted octanol–water partition coefficient (Wildman–Crippen LogP) is 1.25. The maximum atomic E-state index is 11.9. The summed E-state index contributed by atoms with van der Waals surface area (Å²) in [6.45, 7) is 4.60. The van der Waals surface area contributed by atoms with E-state index in [4.69, 9.17) is 4.18 Å². The lowest BCUT2D eigenvalue weighted by atomic mass is 10.2. The van der Waals surface area contributed by atoms with E-state index in [1.165, 1.54) is 17.0 Å². The van der Waals surface area contributed by atoms with Gasteiger partial charge in [-0.05, 0) is 31.5 Å². The largest absolute Gasteiger partial charge is 0.336 e. The molecule has 0 saturated carbocycles. The maximum absolute atomic E-state index is 11.9. The second-order valence-electron chi connectivity index (χ2n) is 4.19. The highest BCUT2D eigenvalue weighted by molar-refractivity contribution is 7.86. The summed E-state index contributed by atoms with van der Waals surface area (Å²) in [5, 5.41) is 2.68. The van der Waals surface area contributed by atoms with Crippen LogP contribution in [0.15, 0.2) is 23.1 Å². The number of benzene rings is 1. The third-order valence-corrected chi connectivity index (χ3v) is 4.27. The van der Waals surface area contributed by atoms with E-state index < -0.39 is 10.1 Å². The molecule has 0 unspecified atom stereocenters. The fourth-order valence-electron chi connectivity index (χ4n) is 1.96.